The highest BCUT2D eigenvalue weighted by atomic mass is 16.6. The van der Waals surface area contributed by atoms with Gasteiger partial charge in [-0.05, 0) is 161 Å². The highest BCUT2D eigenvalue weighted by molar-refractivity contribution is 6.08. The number of hydrogen-bond acceptors (Lipinski definition) is 8. The SMILES string of the molecule is CN(CCCCN(CCCCNCc1c2ccccc2c(CNCCCCN(CCCCN(C)C(=O)OC(C)(C)C)C(=O)O)c2c(C(C)(C)C)c(C(C)(C)C)ccc12)C(=O)O)C(=O)OC(C)(C)C. The number of ether oxygens (including phenoxy) is 2. The first-order valence-electron chi connectivity index (χ1n) is 24.9. The zero-order valence-electron chi connectivity index (χ0n) is 44.3. The standard InChI is InChI=1S/C54H88N6O8/c1-51(2,3)44-28-27-41-42(37-55-29-17-19-33-59(47(61)62)35-23-21-31-57(13)49(65)67-53(7,8)9)39-25-15-16-26-40(39)43(45(41)46(44)52(4,5)6)38-56-30-18-20-34-60(48(63)64)36-24-22-32-58(14)50(66)68-54(10,11)12/h15-16,25-28,55-56H,17-24,29-38H2,1-14H3,(H,61,62)(H,63,64). The van der Waals surface area contributed by atoms with E-state index in [0.29, 0.717) is 78.0 Å². The monoisotopic (exact) mass is 949 g/mol. The van der Waals surface area contributed by atoms with E-state index < -0.39 is 23.4 Å². The Morgan fingerprint density at radius 3 is 1.26 bits per heavy atom. The van der Waals surface area contributed by atoms with Crippen molar-refractivity contribution in [1.82, 2.24) is 30.2 Å². The molecule has 0 bridgehead atoms. The third kappa shape index (κ3) is 18.6. The average Bonchev–Trinajstić information content (AvgIpc) is 3.22. The van der Waals surface area contributed by atoms with Crippen LogP contribution in [-0.4, -0.2) is 132 Å². The summed E-state index contributed by atoms with van der Waals surface area (Å²) >= 11 is 0. The molecule has 0 radical (unpaired) electrons. The summed E-state index contributed by atoms with van der Waals surface area (Å²) in [6.45, 7) is 30.3. The van der Waals surface area contributed by atoms with E-state index in [2.05, 4.69) is 88.6 Å². The molecule has 0 spiro atoms. The average molecular weight is 949 g/mol. The van der Waals surface area contributed by atoms with Crippen molar-refractivity contribution in [1.29, 1.82) is 0 Å². The summed E-state index contributed by atoms with van der Waals surface area (Å²) in [6.07, 6.45) is 3.17. The lowest BCUT2D eigenvalue weighted by Crippen LogP contribution is -2.35. The minimum absolute atomic E-state index is 0.0874. The Morgan fingerprint density at radius 2 is 0.882 bits per heavy atom. The number of unbranched alkanes of at least 4 members (excludes halogenated alkanes) is 4. The van der Waals surface area contributed by atoms with Gasteiger partial charge in [0.15, 0.2) is 0 Å². The van der Waals surface area contributed by atoms with Crippen molar-refractivity contribution in [3.05, 3.63) is 58.7 Å². The van der Waals surface area contributed by atoms with Gasteiger partial charge in [-0.25, -0.2) is 19.2 Å². The number of benzene rings is 3. The molecule has 4 N–H and O–H groups in total. The minimum atomic E-state index is -0.926. The van der Waals surface area contributed by atoms with E-state index in [-0.39, 0.29) is 23.0 Å². The van der Waals surface area contributed by atoms with Gasteiger partial charge in [0.2, 0.25) is 0 Å². The Kier molecular flexibility index (Phi) is 21.7. The van der Waals surface area contributed by atoms with Gasteiger partial charge in [-0.2, -0.15) is 0 Å². The predicted molar refractivity (Wildman–Crippen MR) is 276 cm³/mol. The Balaban J connectivity index is 1.70. The van der Waals surface area contributed by atoms with Gasteiger partial charge in [0, 0.05) is 66.5 Å². The van der Waals surface area contributed by atoms with E-state index in [1.54, 1.807) is 19.0 Å². The fourth-order valence-electron chi connectivity index (χ4n) is 8.54. The van der Waals surface area contributed by atoms with Crippen LogP contribution in [0.4, 0.5) is 19.2 Å². The lowest BCUT2D eigenvalue weighted by molar-refractivity contribution is 0.0285. The third-order valence-electron chi connectivity index (χ3n) is 11.9. The molecule has 382 valence electrons. The zero-order valence-corrected chi connectivity index (χ0v) is 44.3. The molecule has 3 aromatic carbocycles. The topological polar surface area (TPSA) is 164 Å². The fourth-order valence-corrected chi connectivity index (χ4v) is 8.54. The lowest BCUT2D eigenvalue weighted by Gasteiger charge is -2.33. The van der Waals surface area contributed by atoms with Crippen molar-refractivity contribution >= 4 is 45.9 Å². The summed E-state index contributed by atoms with van der Waals surface area (Å²) in [7, 11) is 3.41. The van der Waals surface area contributed by atoms with Gasteiger partial charge in [0.05, 0.1) is 0 Å². The zero-order chi connectivity index (χ0) is 51.0. The fraction of sp³-hybridized carbons (Fsp3) is 0.667. The molecule has 3 aromatic rings. The van der Waals surface area contributed by atoms with Crippen LogP contribution in [0.15, 0.2) is 36.4 Å². The number of carbonyl (C=O) groups excluding carboxylic acids is 2. The molecule has 0 heterocycles. The maximum Gasteiger partial charge on any atom is 0.410 e. The van der Waals surface area contributed by atoms with E-state index in [1.807, 2.05) is 41.5 Å². The number of nitrogens with one attached hydrogen (secondary N) is 2. The normalized spacial score (nSPS) is 12.3. The van der Waals surface area contributed by atoms with Gasteiger partial charge in [-0.3, -0.25) is 0 Å². The van der Waals surface area contributed by atoms with Crippen LogP contribution in [0.25, 0.3) is 21.5 Å². The van der Waals surface area contributed by atoms with E-state index in [1.165, 1.54) is 58.5 Å². The number of rotatable bonds is 24. The first-order chi connectivity index (χ1) is 31.6. The van der Waals surface area contributed by atoms with Crippen LogP contribution in [0.2, 0.25) is 0 Å². The summed E-state index contributed by atoms with van der Waals surface area (Å²) in [5.74, 6) is 0. The van der Waals surface area contributed by atoms with Crippen LogP contribution in [0.1, 0.15) is 157 Å². The highest BCUT2D eigenvalue weighted by Gasteiger charge is 2.30. The number of amides is 4. The molecule has 14 heteroatoms. The molecule has 0 saturated heterocycles. The van der Waals surface area contributed by atoms with Gasteiger partial charge >= 0.3 is 24.4 Å². The summed E-state index contributed by atoms with van der Waals surface area (Å²) in [5.41, 5.74) is 3.83. The summed E-state index contributed by atoms with van der Waals surface area (Å²) in [4.78, 5) is 54.9. The Labute approximate surface area is 408 Å². The Morgan fingerprint density at radius 1 is 0.500 bits per heavy atom. The van der Waals surface area contributed by atoms with E-state index >= 15 is 0 Å². The molecule has 0 saturated carbocycles. The summed E-state index contributed by atoms with van der Waals surface area (Å²) < 4.78 is 10.9. The molecule has 0 fully saturated rings. The van der Waals surface area contributed by atoms with Crippen LogP contribution in [0.3, 0.4) is 0 Å². The van der Waals surface area contributed by atoms with Crippen LogP contribution >= 0.6 is 0 Å². The first-order valence-corrected chi connectivity index (χ1v) is 24.9. The maximum atomic E-state index is 12.3. The van der Waals surface area contributed by atoms with Crippen molar-refractivity contribution < 1.29 is 38.9 Å². The molecule has 4 amide bonds. The highest BCUT2D eigenvalue weighted by Crippen LogP contribution is 2.44. The number of nitrogens with zero attached hydrogens (tertiary/aromatic N) is 4. The van der Waals surface area contributed by atoms with Gasteiger partial charge in [0.1, 0.15) is 11.2 Å². The molecular weight excluding hydrogens is 861 g/mol. The maximum absolute atomic E-state index is 12.3. The summed E-state index contributed by atoms with van der Waals surface area (Å²) in [6, 6.07) is 13.3. The second-order valence-corrected chi connectivity index (χ2v) is 22.4. The van der Waals surface area contributed by atoms with Gasteiger partial charge in [0.25, 0.3) is 0 Å². The van der Waals surface area contributed by atoms with Crippen molar-refractivity contribution in [2.24, 2.45) is 0 Å². The van der Waals surface area contributed by atoms with Crippen molar-refractivity contribution in [3.63, 3.8) is 0 Å². The Bertz CT molecular complexity index is 2110. The van der Waals surface area contributed by atoms with Gasteiger partial charge < -0.3 is 49.9 Å². The molecule has 0 aliphatic rings. The number of carboxylic acid groups (broad SMARTS) is 2. The molecule has 0 aliphatic heterocycles. The van der Waals surface area contributed by atoms with Gasteiger partial charge in [-0.1, -0.05) is 77.9 Å². The van der Waals surface area contributed by atoms with Crippen LogP contribution < -0.4 is 10.6 Å². The van der Waals surface area contributed by atoms with E-state index in [9.17, 15) is 29.4 Å². The molecule has 0 unspecified atom stereocenters. The molecule has 14 nitrogen and oxygen atoms in total. The van der Waals surface area contributed by atoms with Crippen molar-refractivity contribution in [2.75, 3.05) is 66.5 Å². The number of hydrogen-bond donors (Lipinski definition) is 4. The number of fused-ring (bicyclic) bond motifs is 2. The summed E-state index contributed by atoms with van der Waals surface area (Å²) in [5, 5.41) is 32.3. The number of carbonyl (C=O) groups is 4. The van der Waals surface area contributed by atoms with Gasteiger partial charge in [-0.15, -0.1) is 0 Å². The molecule has 0 aliphatic carbocycles. The van der Waals surface area contributed by atoms with Crippen LogP contribution in [0.5, 0.6) is 0 Å². The second kappa shape index (κ2) is 25.7. The predicted octanol–water partition coefficient (Wildman–Crippen LogP) is 11.6. The molecule has 68 heavy (non-hydrogen) atoms. The second-order valence-electron chi connectivity index (χ2n) is 22.4. The largest absolute Gasteiger partial charge is 0.465 e. The lowest BCUT2D eigenvalue weighted by atomic mass is 9.71. The molecule has 0 aromatic heterocycles. The van der Waals surface area contributed by atoms with E-state index in [0.717, 1.165) is 38.8 Å². The van der Waals surface area contributed by atoms with Crippen molar-refractivity contribution in [2.45, 2.75) is 170 Å². The molecule has 3 rings (SSSR count). The van der Waals surface area contributed by atoms with Crippen LogP contribution in [-0.2, 0) is 33.4 Å². The van der Waals surface area contributed by atoms with Crippen LogP contribution in [0, 0.1) is 0 Å². The van der Waals surface area contributed by atoms with E-state index in [4.69, 9.17) is 9.47 Å². The smallest absolute Gasteiger partial charge is 0.410 e. The third-order valence-corrected chi connectivity index (χ3v) is 11.9. The molecule has 0 atom stereocenters. The Hall–Kier alpha value is -4.82. The quantitative estimate of drug-likeness (QED) is 0.0502. The molecular formula is C54H88N6O8. The van der Waals surface area contributed by atoms with Crippen molar-refractivity contribution in [3.8, 4) is 0 Å². The first kappa shape index (κ1) is 57.5. The minimum Gasteiger partial charge on any atom is -0.465 e.